The van der Waals surface area contributed by atoms with Crippen molar-refractivity contribution in [3.8, 4) is 5.75 Å². The summed E-state index contributed by atoms with van der Waals surface area (Å²) in [4.78, 5) is 22.8. The van der Waals surface area contributed by atoms with E-state index in [0.717, 1.165) is 0 Å². The van der Waals surface area contributed by atoms with Gasteiger partial charge in [0.25, 0.3) is 21.6 Å². The number of nitro groups is 1. The topological polar surface area (TPSA) is 128 Å². The van der Waals surface area contributed by atoms with Crippen LogP contribution in [0.25, 0.3) is 0 Å². The summed E-state index contributed by atoms with van der Waals surface area (Å²) in [6.45, 7) is 0. The average molecular weight is 506 g/mol. The molecule has 2 N–H and O–H groups in total. The standard InChI is InChI=1S/C20H16BrN3O6S/c1-30-17-8-6-14(7-9-17)23-31(28,29)19-11-13(5-10-18(19)21)20(25)22-15-3-2-4-16(12-15)24(26)27/h2-12,23H,1H3,(H,22,25). The number of hydrogen-bond donors (Lipinski definition) is 2. The highest BCUT2D eigenvalue weighted by atomic mass is 79.9. The summed E-state index contributed by atoms with van der Waals surface area (Å²) in [6, 6.07) is 15.8. The Bertz CT molecular complexity index is 1250. The number of methoxy groups -OCH3 is 1. The van der Waals surface area contributed by atoms with Gasteiger partial charge in [-0.05, 0) is 64.5 Å². The molecule has 31 heavy (non-hydrogen) atoms. The minimum absolute atomic E-state index is 0.0600. The van der Waals surface area contributed by atoms with Crippen LogP contribution in [0.1, 0.15) is 10.4 Å². The van der Waals surface area contributed by atoms with E-state index >= 15 is 0 Å². The smallest absolute Gasteiger partial charge is 0.271 e. The third-order valence-electron chi connectivity index (χ3n) is 4.14. The molecule has 0 unspecified atom stereocenters. The number of carbonyl (C=O) groups excluding carboxylic acids is 1. The fourth-order valence-electron chi connectivity index (χ4n) is 2.62. The van der Waals surface area contributed by atoms with Gasteiger partial charge in [0, 0.05) is 33.5 Å². The van der Waals surface area contributed by atoms with Crippen LogP contribution in [0.3, 0.4) is 0 Å². The van der Waals surface area contributed by atoms with E-state index < -0.39 is 20.9 Å². The Morgan fingerprint density at radius 1 is 1.03 bits per heavy atom. The van der Waals surface area contributed by atoms with Crippen molar-refractivity contribution in [3.05, 3.63) is 86.9 Å². The van der Waals surface area contributed by atoms with Crippen LogP contribution in [0.5, 0.6) is 5.75 Å². The number of hydrogen-bond acceptors (Lipinski definition) is 6. The number of nitro benzene ring substituents is 1. The summed E-state index contributed by atoms with van der Waals surface area (Å²) in [6.07, 6.45) is 0. The molecule has 1 amide bonds. The third kappa shape index (κ3) is 5.38. The number of anilines is 2. The molecule has 0 aliphatic rings. The third-order valence-corrected chi connectivity index (χ3v) is 6.52. The summed E-state index contributed by atoms with van der Waals surface area (Å²) in [5, 5.41) is 13.4. The van der Waals surface area contributed by atoms with Crippen LogP contribution in [0.2, 0.25) is 0 Å². The Hall–Kier alpha value is -3.44. The number of nitrogens with one attached hydrogen (secondary N) is 2. The number of halogens is 1. The van der Waals surface area contributed by atoms with Crippen molar-refractivity contribution in [2.45, 2.75) is 4.90 Å². The molecule has 0 aromatic heterocycles. The second kappa shape index (κ2) is 9.14. The van der Waals surface area contributed by atoms with Gasteiger partial charge in [0.05, 0.1) is 12.0 Å². The van der Waals surface area contributed by atoms with Gasteiger partial charge in [-0.3, -0.25) is 19.6 Å². The molecular formula is C20H16BrN3O6S. The van der Waals surface area contributed by atoms with Gasteiger partial charge in [0.1, 0.15) is 10.6 Å². The number of ether oxygens (including phenoxy) is 1. The van der Waals surface area contributed by atoms with E-state index in [2.05, 4.69) is 26.0 Å². The molecule has 3 aromatic rings. The molecule has 3 rings (SSSR count). The first-order chi connectivity index (χ1) is 14.7. The second-order valence-electron chi connectivity index (χ2n) is 6.24. The molecule has 0 bridgehead atoms. The minimum Gasteiger partial charge on any atom is -0.497 e. The predicted molar refractivity (Wildman–Crippen MR) is 119 cm³/mol. The lowest BCUT2D eigenvalue weighted by atomic mass is 10.2. The zero-order valence-electron chi connectivity index (χ0n) is 16.0. The van der Waals surface area contributed by atoms with Gasteiger partial charge in [-0.1, -0.05) is 6.07 Å². The van der Waals surface area contributed by atoms with Crippen molar-refractivity contribution < 1.29 is 22.9 Å². The summed E-state index contributed by atoms with van der Waals surface area (Å²) in [5.41, 5.74) is 0.410. The maximum absolute atomic E-state index is 12.9. The number of amides is 1. The Morgan fingerprint density at radius 3 is 2.39 bits per heavy atom. The van der Waals surface area contributed by atoms with Crippen molar-refractivity contribution in [1.82, 2.24) is 0 Å². The zero-order valence-corrected chi connectivity index (χ0v) is 18.4. The Labute approximate surface area is 186 Å². The first kappa shape index (κ1) is 22.2. The molecule has 0 fully saturated rings. The van der Waals surface area contributed by atoms with Crippen LogP contribution in [-0.4, -0.2) is 26.4 Å². The maximum atomic E-state index is 12.9. The molecular weight excluding hydrogens is 490 g/mol. The molecule has 0 aliphatic carbocycles. The van der Waals surface area contributed by atoms with Crippen LogP contribution in [0, 0.1) is 10.1 Å². The fourth-order valence-corrected chi connectivity index (χ4v) is 4.67. The fraction of sp³-hybridized carbons (Fsp3) is 0.0500. The quantitative estimate of drug-likeness (QED) is 0.361. The van der Waals surface area contributed by atoms with Crippen molar-refractivity contribution >= 4 is 48.9 Å². The van der Waals surface area contributed by atoms with E-state index in [9.17, 15) is 23.3 Å². The molecule has 0 heterocycles. The van der Waals surface area contributed by atoms with Crippen LogP contribution in [-0.2, 0) is 10.0 Å². The molecule has 9 nitrogen and oxygen atoms in total. The van der Waals surface area contributed by atoms with E-state index in [1.54, 1.807) is 24.3 Å². The lowest BCUT2D eigenvalue weighted by molar-refractivity contribution is -0.384. The van der Waals surface area contributed by atoms with Gasteiger partial charge in [-0.25, -0.2) is 8.42 Å². The monoisotopic (exact) mass is 505 g/mol. The lowest BCUT2D eigenvalue weighted by Crippen LogP contribution is -2.16. The molecule has 11 heteroatoms. The Kier molecular flexibility index (Phi) is 6.56. The van der Waals surface area contributed by atoms with E-state index in [1.165, 1.54) is 49.6 Å². The largest absolute Gasteiger partial charge is 0.497 e. The minimum atomic E-state index is -4.02. The molecule has 0 aliphatic heterocycles. The van der Waals surface area contributed by atoms with E-state index in [1.807, 2.05) is 0 Å². The highest BCUT2D eigenvalue weighted by Gasteiger charge is 2.20. The van der Waals surface area contributed by atoms with Crippen molar-refractivity contribution in [3.63, 3.8) is 0 Å². The van der Waals surface area contributed by atoms with Gasteiger partial charge in [0.15, 0.2) is 0 Å². The van der Waals surface area contributed by atoms with E-state index in [0.29, 0.717) is 11.4 Å². The Balaban J connectivity index is 1.85. The molecule has 0 atom stereocenters. The first-order valence-corrected chi connectivity index (χ1v) is 11.0. The average Bonchev–Trinajstić information content (AvgIpc) is 2.74. The van der Waals surface area contributed by atoms with Gasteiger partial charge in [0.2, 0.25) is 0 Å². The number of benzene rings is 3. The summed E-state index contributed by atoms with van der Waals surface area (Å²) < 4.78 is 33.5. The summed E-state index contributed by atoms with van der Waals surface area (Å²) >= 11 is 3.20. The highest BCUT2D eigenvalue weighted by molar-refractivity contribution is 9.10. The summed E-state index contributed by atoms with van der Waals surface area (Å²) in [5.74, 6) is -0.0437. The Morgan fingerprint density at radius 2 is 1.74 bits per heavy atom. The zero-order chi connectivity index (χ0) is 22.6. The number of non-ortho nitro benzene ring substituents is 1. The predicted octanol–water partition coefficient (Wildman–Crippen LogP) is 4.42. The van der Waals surface area contributed by atoms with Crippen molar-refractivity contribution in [1.29, 1.82) is 0 Å². The van der Waals surface area contributed by atoms with Crippen LogP contribution < -0.4 is 14.8 Å². The van der Waals surface area contributed by atoms with Gasteiger partial charge >= 0.3 is 0 Å². The van der Waals surface area contributed by atoms with Crippen LogP contribution in [0.4, 0.5) is 17.1 Å². The molecule has 0 saturated carbocycles. The highest BCUT2D eigenvalue weighted by Crippen LogP contribution is 2.27. The number of sulfonamides is 1. The van der Waals surface area contributed by atoms with Crippen LogP contribution in [0.15, 0.2) is 76.1 Å². The molecule has 0 radical (unpaired) electrons. The second-order valence-corrected chi connectivity index (χ2v) is 8.75. The lowest BCUT2D eigenvalue weighted by Gasteiger charge is -2.12. The normalized spacial score (nSPS) is 10.9. The van der Waals surface area contributed by atoms with Gasteiger partial charge < -0.3 is 10.1 Å². The molecule has 0 saturated heterocycles. The van der Waals surface area contributed by atoms with Crippen molar-refractivity contribution in [2.24, 2.45) is 0 Å². The molecule has 3 aromatic carbocycles. The number of carbonyl (C=O) groups is 1. The molecule has 0 spiro atoms. The number of nitrogens with zero attached hydrogens (tertiary/aromatic N) is 1. The number of rotatable bonds is 7. The van der Waals surface area contributed by atoms with Gasteiger partial charge in [-0.15, -0.1) is 0 Å². The SMILES string of the molecule is COc1ccc(NS(=O)(=O)c2cc(C(=O)Nc3cccc([N+](=O)[O-])c3)ccc2Br)cc1. The first-order valence-electron chi connectivity index (χ1n) is 8.72. The van der Waals surface area contributed by atoms with Crippen LogP contribution >= 0.6 is 15.9 Å². The summed E-state index contributed by atoms with van der Waals surface area (Å²) in [7, 11) is -2.52. The molecule has 160 valence electrons. The maximum Gasteiger partial charge on any atom is 0.271 e. The van der Waals surface area contributed by atoms with Crippen molar-refractivity contribution in [2.75, 3.05) is 17.1 Å². The van der Waals surface area contributed by atoms with E-state index in [4.69, 9.17) is 4.74 Å². The van der Waals surface area contributed by atoms with Gasteiger partial charge in [-0.2, -0.15) is 0 Å². The van der Waals surface area contributed by atoms with E-state index in [-0.39, 0.29) is 26.3 Å².